The molecule has 0 saturated heterocycles. The molecule has 1 N–H and O–H groups in total. The maximum atomic E-state index is 12.2. The zero-order valence-electron chi connectivity index (χ0n) is 14.7. The summed E-state index contributed by atoms with van der Waals surface area (Å²) in [5.41, 5.74) is -4.77. The number of rotatable bonds is 7. The van der Waals surface area contributed by atoms with Crippen molar-refractivity contribution in [2.75, 3.05) is 6.54 Å². The molecule has 0 aromatic carbocycles. The van der Waals surface area contributed by atoms with E-state index in [2.05, 4.69) is 13.8 Å². The van der Waals surface area contributed by atoms with Gasteiger partial charge in [0.15, 0.2) is 0 Å². The molecule has 0 aromatic heterocycles. The van der Waals surface area contributed by atoms with Crippen molar-refractivity contribution in [3.63, 3.8) is 0 Å². The second kappa shape index (κ2) is 7.52. The summed E-state index contributed by atoms with van der Waals surface area (Å²) in [5.74, 6) is 2.10. The Labute approximate surface area is 143 Å². The summed E-state index contributed by atoms with van der Waals surface area (Å²) in [6.45, 7) is 4.55. The van der Waals surface area contributed by atoms with Crippen molar-refractivity contribution in [3.8, 4) is 0 Å². The fourth-order valence-electron chi connectivity index (χ4n) is 5.12. The van der Waals surface area contributed by atoms with Gasteiger partial charge >= 0.3 is 15.5 Å². The number of alkyl halides is 3. The first-order chi connectivity index (χ1) is 11.1. The topological polar surface area (TPSA) is 46.2 Å². The Morgan fingerprint density at radius 2 is 1.88 bits per heavy atom. The fraction of sp³-hybridized carbons (Fsp3) is 1.00. The van der Waals surface area contributed by atoms with E-state index in [1.165, 1.54) is 38.5 Å². The van der Waals surface area contributed by atoms with Crippen molar-refractivity contribution in [1.29, 1.82) is 0 Å². The Morgan fingerprint density at radius 3 is 2.54 bits per heavy atom. The Balaban J connectivity index is 1.73. The molecule has 0 radical (unpaired) electrons. The van der Waals surface area contributed by atoms with Gasteiger partial charge in [-0.15, -0.1) is 0 Å². The van der Waals surface area contributed by atoms with E-state index in [1.54, 1.807) is 4.72 Å². The minimum atomic E-state index is -5.21. The van der Waals surface area contributed by atoms with Gasteiger partial charge in [0.05, 0.1) is 0 Å². The van der Waals surface area contributed by atoms with Crippen molar-refractivity contribution in [2.24, 2.45) is 23.2 Å². The number of hydrogen-bond donors (Lipinski definition) is 1. The zero-order valence-corrected chi connectivity index (χ0v) is 15.5. The summed E-state index contributed by atoms with van der Waals surface area (Å²) < 4.78 is 60.2. The van der Waals surface area contributed by atoms with E-state index >= 15 is 0 Å². The van der Waals surface area contributed by atoms with Crippen LogP contribution in [-0.4, -0.2) is 20.5 Å². The molecule has 2 saturated carbocycles. The fourth-order valence-corrected chi connectivity index (χ4v) is 5.70. The monoisotopic (exact) mass is 369 g/mol. The Hall–Kier alpha value is -0.300. The van der Waals surface area contributed by atoms with Crippen molar-refractivity contribution >= 4 is 10.0 Å². The third-order valence-electron chi connectivity index (χ3n) is 6.49. The second-order valence-corrected chi connectivity index (χ2v) is 9.71. The number of nitrogens with one attached hydrogen (secondary N) is 1. The SMILES string of the molecule is C[C@H](CCCCNS(=O)(=O)C(F)(F)F)[C@H]1CCC2CCCC[C@@]21C. The number of hydrogen-bond acceptors (Lipinski definition) is 2. The van der Waals surface area contributed by atoms with Crippen molar-refractivity contribution in [2.45, 2.75) is 77.1 Å². The molecule has 2 fully saturated rings. The highest BCUT2D eigenvalue weighted by Crippen LogP contribution is 2.58. The highest BCUT2D eigenvalue weighted by atomic mass is 32.2. The molecule has 0 heterocycles. The molecule has 142 valence electrons. The van der Waals surface area contributed by atoms with Gasteiger partial charge in [0.25, 0.3) is 0 Å². The van der Waals surface area contributed by atoms with Gasteiger partial charge in [-0.3, -0.25) is 0 Å². The molecule has 7 heteroatoms. The molecule has 0 amide bonds. The third-order valence-corrected chi connectivity index (χ3v) is 7.69. The van der Waals surface area contributed by atoms with Gasteiger partial charge in [-0.1, -0.05) is 39.5 Å². The quantitative estimate of drug-likeness (QED) is 0.653. The molecule has 2 aliphatic rings. The largest absolute Gasteiger partial charge is 0.511 e. The lowest BCUT2D eigenvalue weighted by atomic mass is 9.62. The number of unbranched alkanes of at least 4 members (excludes halogenated alkanes) is 1. The standard InChI is InChI=1S/C17H30F3NO2S/c1-13(7-4-6-12-21-24(22,23)17(18,19)20)15-10-9-14-8-3-5-11-16(14,15)2/h13-15,21H,3-12H2,1-2H3/t13-,14?,15-,16+/m1/s1. The number of halogens is 3. The number of fused-ring (bicyclic) bond motifs is 1. The molecule has 2 aliphatic carbocycles. The van der Waals surface area contributed by atoms with E-state index in [9.17, 15) is 21.6 Å². The molecule has 0 aromatic rings. The van der Waals surface area contributed by atoms with Crippen LogP contribution in [0.3, 0.4) is 0 Å². The van der Waals surface area contributed by atoms with Crippen LogP contribution in [0.5, 0.6) is 0 Å². The summed E-state index contributed by atoms with van der Waals surface area (Å²) in [4.78, 5) is 0. The zero-order chi connectivity index (χ0) is 18.0. The van der Waals surface area contributed by atoms with E-state index in [1.807, 2.05) is 0 Å². The third kappa shape index (κ3) is 4.26. The summed E-state index contributed by atoms with van der Waals surface area (Å²) >= 11 is 0. The first-order valence-electron chi connectivity index (χ1n) is 9.14. The van der Waals surface area contributed by atoms with Gasteiger partial charge in [-0.25, -0.2) is 13.1 Å². The molecule has 24 heavy (non-hydrogen) atoms. The van der Waals surface area contributed by atoms with Crippen LogP contribution >= 0.6 is 0 Å². The molecule has 0 aliphatic heterocycles. The van der Waals surface area contributed by atoms with Crippen LogP contribution in [0.15, 0.2) is 0 Å². The second-order valence-electron chi connectivity index (χ2n) is 7.95. The van der Waals surface area contributed by atoms with Gasteiger partial charge in [0.2, 0.25) is 0 Å². The van der Waals surface area contributed by atoms with Crippen molar-refractivity contribution < 1.29 is 21.6 Å². The smallest absolute Gasteiger partial charge is 0.207 e. The number of sulfonamides is 1. The predicted molar refractivity (Wildman–Crippen MR) is 88.8 cm³/mol. The maximum absolute atomic E-state index is 12.2. The molecule has 0 bridgehead atoms. The lowest BCUT2D eigenvalue weighted by Crippen LogP contribution is -2.37. The first-order valence-corrected chi connectivity index (χ1v) is 10.6. The summed E-state index contributed by atoms with van der Waals surface area (Å²) in [6.07, 6.45) is 10.1. The van der Waals surface area contributed by atoms with Crippen LogP contribution in [0.1, 0.15) is 71.6 Å². The average Bonchev–Trinajstić information content (AvgIpc) is 2.82. The highest BCUT2D eigenvalue weighted by Gasteiger charge is 2.48. The van der Waals surface area contributed by atoms with Gasteiger partial charge in [-0.05, 0) is 55.3 Å². The lowest BCUT2D eigenvalue weighted by molar-refractivity contribution is -0.0447. The van der Waals surface area contributed by atoms with Crippen molar-refractivity contribution in [1.82, 2.24) is 4.72 Å². The van der Waals surface area contributed by atoms with E-state index in [4.69, 9.17) is 0 Å². The summed E-state index contributed by atoms with van der Waals surface area (Å²) in [5, 5.41) is 0. The average molecular weight is 369 g/mol. The Bertz CT molecular complexity index is 520. The molecular formula is C17H30F3NO2S. The van der Waals surface area contributed by atoms with Crippen LogP contribution in [0, 0.1) is 23.2 Å². The van der Waals surface area contributed by atoms with Gasteiger partial charge in [0.1, 0.15) is 0 Å². The van der Waals surface area contributed by atoms with Crippen LogP contribution in [0.2, 0.25) is 0 Å². The van der Waals surface area contributed by atoms with Gasteiger partial charge < -0.3 is 0 Å². The molecule has 1 unspecified atom stereocenters. The molecule has 0 spiro atoms. The minimum Gasteiger partial charge on any atom is -0.207 e. The Kier molecular flexibility index (Phi) is 6.27. The van der Waals surface area contributed by atoms with Crippen LogP contribution in [-0.2, 0) is 10.0 Å². The molecular weight excluding hydrogens is 339 g/mol. The van der Waals surface area contributed by atoms with E-state index in [-0.39, 0.29) is 6.54 Å². The Morgan fingerprint density at radius 1 is 1.17 bits per heavy atom. The first kappa shape index (κ1) is 20.0. The van der Waals surface area contributed by atoms with E-state index in [0.29, 0.717) is 23.7 Å². The summed E-state index contributed by atoms with van der Waals surface area (Å²) in [6, 6.07) is 0. The molecule has 3 nitrogen and oxygen atoms in total. The van der Waals surface area contributed by atoms with Crippen LogP contribution in [0.4, 0.5) is 13.2 Å². The van der Waals surface area contributed by atoms with E-state index in [0.717, 1.165) is 18.8 Å². The normalized spacial score (nSPS) is 32.5. The predicted octanol–water partition coefficient (Wildman–Crippen LogP) is 4.84. The van der Waals surface area contributed by atoms with Crippen molar-refractivity contribution in [3.05, 3.63) is 0 Å². The summed E-state index contributed by atoms with van der Waals surface area (Å²) in [7, 11) is -5.19. The lowest BCUT2D eigenvalue weighted by Gasteiger charge is -2.43. The van der Waals surface area contributed by atoms with Crippen LogP contribution < -0.4 is 4.72 Å². The minimum absolute atomic E-state index is 0.140. The van der Waals surface area contributed by atoms with Gasteiger partial charge in [-0.2, -0.15) is 13.2 Å². The van der Waals surface area contributed by atoms with Crippen LogP contribution in [0.25, 0.3) is 0 Å². The highest BCUT2D eigenvalue weighted by molar-refractivity contribution is 7.90. The van der Waals surface area contributed by atoms with E-state index < -0.39 is 15.5 Å². The molecule has 2 rings (SSSR count). The van der Waals surface area contributed by atoms with Gasteiger partial charge in [0, 0.05) is 6.54 Å². The maximum Gasteiger partial charge on any atom is 0.511 e. The molecule has 4 atom stereocenters.